The summed E-state index contributed by atoms with van der Waals surface area (Å²) < 4.78 is 23.8. The maximum atomic E-state index is 11.2. The minimum Gasteiger partial charge on any atom is -0.478 e. The summed E-state index contributed by atoms with van der Waals surface area (Å²) in [6.45, 7) is 1.35. The molecule has 1 atom stereocenters. The van der Waals surface area contributed by atoms with E-state index in [1.54, 1.807) is 18.2 Å². The molecule has 2 aromatic carbocycles. The van der Waals surface area contributed by atoms with Gasteiger partial charge in [0.05, 0.1) is 5.56 Å². The number of anilines is 2. The zero-order chi connectivity index (χ0) is 19.0. The molecule has 0 aromatic heterocycles. The van der Waals surface area contributed by atoms with Crippen molar-refractivity contribution in [1.29, 1.82) is 0 Å². The first-order valence-electron chi connectivity index (χ1n) is 6.79. The van der Waals surface area contributed by atoms with E-state index >= 15 is 0 Å². The van der Waals surface area contributed by atoms with Crippen molar-refractivity contribution in [2.45, 2.75) is 6.92 Å². The van der Waals surface area contributed by atoms with Crippen molar-refractivity contribution in [3.05, 3.63) is 54.1 Å². The topological polar surface area (TPSA) is 159 Å². The number of aromatic carboxylic acids is 1. The van der Waals surface area contributed by atoms with E-state index in [0.717, 1.165) is 0 Å². The SMILES string of the molecule is CC(=O)Nc1ccc([As](=O)(O)OO)cc1.Nc1ccccc1C(=O)O. The number of rotatable bonds is 4. The van der Waals surface area contributed by atoms with Gasteiger partial charge >= 0.3 is 94.4 Å². The Kier molecular flexibility index (Phi) is 7.40. The number of amides is 1. The summed E-state index contributed by atoms with van der Waals surface area (Å²) in [6, 6.07) is 11.9. The molecule has 0 aliphatic rings. The molecule has 0 aliphatic carbocycles. The summed E-state index contributed by atoms with van der Waals surface area (Å²) in [6.07, 6.45) is 0. The monoisotopic (exact) mass is 412 g/mol. The predicted molar refractivity (Wildman–Crippen MR) is 90.6 cm³/mol. The molecule has 6 N–H and O–H groups in total. The number of nitrogens with one attached hydrogen (secondary N) is 1. The van der Waals surface area contributed by atoms with Crippen LogP contribution in [0, 0.1) is 0 Å². The number of nitrogens with two attached hydrogens (primary N) is 1. The number of carbonyl (C=O) groups excluding carboxylic acids is 1. The van der Waals surface area contributed by atoms with E-state index < -0.39 is 20.1 Å². The fourth-order valence-corrected chi connectivity index (χ4v) is 2.98. The van der Waals surface area contributed by atoms with Crippen LogP contribution in [-0.2, 0) is 12.4 Å². The molecule has 9 nitrogen and oxygen atoms in total. The van der Waals surface area contributed by atoms with E-state index in [4.69, 9.17) is 20.2 Å². The molecule has 1 unspecified atom stereocenters. The molecule has 0 fully saturated rings. The van der Waals surface area contributed by atoms with Crippen molar-refractivity contribution in [3.63, 3.8) is 0 Å². The number of benzene rings is 2. The molecule has 2 rings (SSSR count). The predicted octanol–water partition coefficient (Wildman–Crippen LogP) is 0.670. The first kappa shape index (κ1) is 20.5. The number of carboxylic acids is 1. The quantitative estimate of drug-likeness (QED) is 0.212. The third-order valence-corrected chi connectivity index (χ3v) is 5.27. The van der Waals surface area contributed by atoms with E-state index in [2.05, 4.69) is 9.19 Å². The van der Waals surface area contributed by atoms with Crippen molar-refractivity contribution in [1.82, 2.24) is 0 Å². The van der Waals surface area contributed by atoms with Gasteiger partial charge in [-0.25, -0.2) is 4.79 Å². The molecule has 0 saturated heterocycles. The van der Waals surface area contributed by atoms with E-state index in [9.17, 15) is 13.3 Å². The molecule has 0 radical (unpaired) electrons. The maximum absolute atomic E-state index is 11.2. The Morgan fingerprint density at radius 3 is 2.08 bits per heavy atom. The smallest absolute Gasteiger partial charge is 0.337 e. The van der Waals surface area contributed by atoms with Crippen LogP contribution in [0.2, 0.25) is 0 Å². The molecule has 10 heteroatoms. The molecular weight excluding hydrogens is 395 g/mol. The minimum atomic E-state index is -4.76. The molecule has 0 spiro atoms. The number of nitrogen functional groups attached to an aromatic ring is 1. The van der Waals surface area contributed by atoms with Gasteiger partial charge in [-0.1, -0.05) is 12.1 Å². The molecule has 1 amide bonds. The summed E-state index contributed by atoms with van der Waals surface area (Å²) in [7, 11) is 0. The second-order valence-electron chi connectivity index (χ2n) is 4.72. The largest absolute Gasteiger partial charge is 0.478 e. The fourth-order valence-electron chi connectivity index (χ4n) is 1.68. The van der Waals surface area contributed by atoms with Gasteiger partial charge in [0.2, 0.25) is 0 Å². The standard InChI is InChI=1S/C8H10AsNO5.C7H7NO2/c1-6(11)10-8-4-2-7(3-5-8)9(12,13)15-14;8-6-4-2-1-3-5(6)7(9)10/h2-5,14H,1H3,(H,10,11)(H,12,13);1-4H,8H2,(H,9,10). The summed E-state index contributed by atoms with van der Waals surface area (Å²) in [4.78, 5) is 21.0. The van der Waals surface area contributed by atoms with Crippen molar-refractivity contribution in [3.8, 4) is 0 Å². The average Bonchev–Trinajstić information content (AvgIpc) is 2.55. The second kappa shape index (κ2) is 9.05. The van der Waals surface area contributed by atoms with Crippen LogP contribution >= 0.6 is 0 Å². The first-order valence-corrected chi connectivity index (χ1v) is 10.1. The molecular formula is C15H17AsN2O7. The molecule has 2 aromatic rings. The van der Waals surface area contributed by atoms with Gasteiger partial charge in [-0.3, -0.25) is 0 Å². The number of para-hydroxylation sites is 1. The fraction of sp³-hybridized carbons (Fsp3) is 0.0667. The van der Waals surface area contributed by atoms with Crippen LogP contribution in [0.5, 0.6) is 0 Å². The Morgan fingerprint density at radius 1 is 1.12 bits per heavy atom. The first-order chi connectivity index (χ1) is 11.7. The Hall–Kier alpha value is -2.58. The van der Waals surface area contributed by atoms with Crippen LogP contribution in [0.1, 0.15) is 17.3 Å². The second-order valence-corrected chi connectivity index (χ2v) is 8.33. The van der Waals surface area contributed by atoms with Gasteiger partial charge in [0.15, 0.2) is 0 Å². The van der Waals surface area contributed by atoms with Crippen LogP contribution in [0.25, 0.3) is 0 Å². The van der Waals surface area contributed by atoms with Crippen LogP contribution < -0.4 is 15.4 Å². The Balaban J connectivity index is 0.000000271. The van der Waals surface area contributed by atoms with Gasteiger partial charge in [-0.15, -0.1) is 0 Å². The number of hydrogen-bond acceptors (Lipinski definition) is 6. The van der Waals surface area contributed by atoms with Crippen molar-refractivity contribution in [2.24, 2.45) is 0 Å². The van der Waals surface area contributed by atoms with Crippen LogP contribution in [0.3, 0.4) is 0 Å². The maximum Gasteiger partial charge on any atom is 0.337 e. The van der Waals surface area contributed by atoms with Crippen LogP contribution in [0.15, 0.2) is 48.5 Å². The Labute approximate surface area is 146 Å². The summed E-state index contributed by atoms with van der Waals surface area (Å²) in [5.74, 6) is -1.23. The van der Waals surface area contributed by atoms with Gasteiger partial charge in [0.25, 0.3) is 0 Å². The molecule has 0 heterocycles. The molecule has 0 bridgehead atoms. The van der Waals surface area contributed by atoms with E-state index in [1.807, 2.05) is 0 Å². The van der Waals surface area contributed by atoms with E-state index in [0.29, 0.717) is 11.4 Å². The van der Waals surface area contributed by atoms with Gasteiger partial charge < -0.3 is 10.8 Å². The molecule has 0 aliphatic heterocycles. The van der Waals surface area contributed by atoms with Gasteiger partial charge in [0, 0.05) is 5.69 Å². The number of carbonyl (C=O) groups is 2. The van der Waals surface area contributed by atoms with E-state index in [1.165, 1.54) is 37.3 Å². The third-order valence-electron chi connectivity index (χ3n) is 2.82. The van der Waals surface area contributed by atoms with Gasteiger partial charge in [0.1, 0.15) is 0 Å². The molecule has 134 valence electrons. The summed E-state index contributed by atoms with van der Waals surface area (Å²) >= 11 is -4.76. The zero-order valence-corrected chi connectivity index (χ0v) is 15.0. The van der Waals surface area contributed by atoms with Crippen molar-refractivity contribution in [2.75, 3.05) is 11.1 Å². The normalized spacial score (nSPS) is 12.3. The zero-order valence-electron chi connectivity index (χ0n) is 13.1. The van der Waals surface area contributed by atoms with Crippen LogP contribution in [0.4, 0.5) is 11.4 Å². The van der Waals surface area contributed by atoms with Crippen LogP contribution in [-0.4, -0.2) is 40.5 Å². The molecule has 0 saturated carbocycles. The number of carboxylic acid groups (broad SMARTS) is 1. The summed E-state index contributed by atoms with van der Waals surface area (Å²) in [5.41, 5.74) is 6.30. The third kappa shape index (κ3) is 6.44. The van der Waals surface area contributed by atoms with Crippen molar-refractivity contribution >= 4 is 41.8 Å². The number of hydrogen-bond donors (Lipinski definition) is 5. The summed E-state index contributed by atoms with van der Waals surface area (Å²) in [5, 5.41) is 19.2. The molecule has 25 heavy (non-hydrogen) atoms. The Morgan fingerprint density at radius 2 is 1.68 bits per heavy atom. The van der Waals surface area contributed by atoms with Gasteiger partial charge in [-0.05, 0) is 12.1 Å². The van der Waals surface area contributed by atoms with E-state index in [-0.39, 0.29) is 15.8 Å². The Bertz CT molecular complexity index is 793. The minimum absolute atomic E-state index is 0.00438. The van der Waals surface area contributed by atoms with Crippen molar-refractivity contribution < 1.29 is 31.7 Å². The van der Waals surface area contributed by atoms with Gasteiger partial charge in [-0.2, -0.15) is 0 Å². The average molecular weight is 412 g/mol.